The van der Waals surface area contributed by atoms with Crippen molar-refractivity contribution in [1.82, 2.24) is 14.8 Å². The molecule has 0 radical (unpaired) electrons. The van der Waals surface area contributed by atoms with E-state index in [1.165, 1.54) is 18.2 Å². The maximum Gasteiger partial charge on any atom is 0.161 e. The molecule has 0 atom stereocenters. The lowest BCUT2D eigenvalue weighted by Gasteiger charge is -2.05. The van der Waals surface area contributed by atoms with E-state index < -0.39 is 5.82 Å². The summed E-state index contributed by atoms with van der Waals surface area (Å²) in [5.74, 6) is 0.777. The number of nitrogens with zero attached hydrogens (tertiary/aromatic N) is 3. The summed E-state index contributed by atoms with van der Waals surface area (Å²) in [7, 11) is 0. The number of aromatic nitrogens is 3. The Kier molecular flexibility index (Phi) is 3.60. The van der Waals surface area contributed by atoms with Crippen molar-refractivity contribution in [2.75, 3.05) is 0 Å². The van der Waals surface area contributed by atoms with E-state index in [0.29, 0.717) is 24.6 Å². The van der Waals surface area contributed by atoms with Crippen LogP contribution in [0.3, 0.4) is 0 Å². The number of benzene rings is 1. The van der Waals surface area contributed by atoms with Crippen LogP contribution in [0.2, 0.25) is 0 Å². The van der Waals surface area contributed by atoms with E-state index >= 15 is 0 Å². The SMILES string of the molecule is CCCn1nc(CC)nc1-c1cc(O)ccc1F. The zero-order valence-corrected chi connectivity index (χ0v) is 10.5. The third-order valence-corrected chi connectivity index (χ3v) is 2.66. The average Bonchev–Trinajstić information content (AvgIpc) is 2.76. The van der Waals surface area contributed by atoms with Crippen LogP contribution in [0.25, 0.3) is 11.4 Å². The van der Waals surface area contributed by atoms with Crippen molar-refractivity contribution in [2.45, 2.75) is 33.2 Å². The maximum atomic E-state index is 13.8. The molecule has 0 aliphatic heterocycles. The van der Waals surface area contributed by atoms with Gasteiger partial charge < -0.3 is 5.11 Å². The first-order valence-corrected chi connectivity index (χ1v) is 6.08. The van der Waals surface area contributed by atoms with E-state index in [4.69, 9.17) is 0 Å². The van der Waals surface area contributed by atoms with Crippen LogP contribution in [0.5, 0.6) is 5.75 Å². The van der Waals surface area contributed by atoms with Gasteiger partial charge in [-0.05, 0) is 24.6 Å². The van der Waals surface area contributed by atoms with Crippen LogP contribution in [-0.2, 0) is 13.0 Å². The molecular weight excluding hydrogens is 233 g/mol. The van der Waals surface area contributed by atoms with Crippen LogP contribution < -0.4 is 0 Å². The van der Waals surface area contributed by atoms with Crippen LogP contribution in [0, 0.1) is 5.82 Å². The molecule has 4 nitrogen and oxygen atoms in total. The Morgan fingerprint density at radius 1 is 1.33 bits per heavy atom. The predicted molar refractivity (Wildman–Crippen MR) is 66.7 cm³/mol. The number of aromatic hydroxyl groups is 1. The van der Waals surface area contributed by atoms with Crippen LogP contribution in [0.4, 0.5) is 4.39 Å². The molecule has 1 aromatic carbocycles. The van der Waals surface area contributed by atoms with Gasteiger partial charge in [0.2, 0.25) is 0 Å². The standard InChI is InChI=1S/C13H16FN3O/c1-3-7-17-13(15-12(4-2)16-17)10-8-9(18)5-6-11(10)14/h5-6,8,18H,3-4,7H2,1-2H3. The van der Waals surface area contributed by atoms with E-state index in [-0.39, 0.29) is 11.3 Å². The molecule has 0 aliphatic carbocycles. The molecule has 0 aliphatic rings. The highest BCUT2D eigenvalue weighted by Gasteiger charge is 2.15. The van der Waals surface area contributed by atoms with Crippen LogP contribution >= 0.6 is 0 Å². The Hall–Kier alpha value is -1.91. The molecule has 0 spiro atoms. The van der Waals surface area contributed by atoms with Crippen molar-refractivity contribution in [1.29, 1.82) is 0 Å². The van der Waals surface area contributed by atoms with Gasteiger partial charge in [0.15, 0.2) is 11.6 Å². The highest BCUT2D eigenvalue weighted by atomic mass is 19.1. The topological polar surface area (TPSA) is 50.9 Å². The fourth-order valence-corrected chi connectivity index (χ4v) is 1.79. The van der Waals surface area contributed by atoms with Gasteiger partial charge in [-0.3, -0.25) is 0 Å². The molecule has 0 saturated carbocycles. The second kappa shape index (κ2) is 5.16. The molecule has 2 rings (SSSR count). The molecule has 18 heavy (non-hydrogen) atoms. The Morgan fingerprint density at radius 3 is 2.78 bits per heavy atom. The van der Waals surface area contributed by atoms with Crippen molar-refractivity contribution in [3.05, 3.63) is 29.8 Å². The third kappa shape index (κ3) is 2.34. The van der Waals surface area contributed by atoms with E-state index in [9.17, 15) is 9.50 Å². The Labute approximate surface area is 105 Å². The van der Waals surface area contributed by atoms with Gasteiger partial charge in [-0.15, -0.1) is 0 Å². The quantitative estimate of drug-likeness (QED) is 0.906. The zero-order chi connectivity index (χ0) is 13.1. The van der Waals surface area contributed by atoms with E-state index in [1.807, 2.05) is 13.8 Å². The molecule has 1 aromatic heterocycles. The molecule has 0 amide bonds. The largest absolute Gasteiger partial charge is 0.508 e. The van der Waals surface area contributed by atoms with Crippen LogP contribution in [0.15, 0.2) is 18.2 Å². The lowest BCUT2D eigenvalue weighted by molar-refractivity contribution is 0.473. The van der Waals surface area contributed by atoms with Crippen molar-refractivity contribution >= 4 is 0 Å². The first-order chi connectivity index (χ1) is 8.65. The van der Waals surface area contributed by atoms with E-state index in [2.05, 4.69) is 10.1 Å². The average molecular weight is 249 g/mol. The summed E-state index contributed by atoms with van der Waals surface area (Å²) in [5, 5.41) is 13.8. The van der Waals surface area contributed by atoms with Gasteiger partial charge in [0.1, 0.15) is 11.6 Å². The minimum Gasteiger partial charge on any atom is -0.508 e. The first-order valence-electron chi connectivity index (χ1n) is 6.08. The number of hydrogen-bond acceptors (Lipinski definition) is 3. The highest BCUT2D eigenvalue weighted by Crippen LogP contribution is 2.25. The van der Waals surface area contributed by atoms with Gasteiger partial charge in [-0.1, -0.05) is 13.8 Å². The van der Waals surface area contributed by atoms with Crippen molar-refractivity contribution < 1.29 is 9.50 Å². The van der Waals surface area contributed by atoms with Gasteiger partial charge in [0, 0.05) is 13.0 Å². The molecule has 1 heterocycles. The van der Waals surface area contributed by atoms with Gasteiger partial charge >= 0.3 is 0 Å². The fourth-order valence-electron chi connectivity index (χ4n) is 1.79. The smallest absolute Gasteiger partial charge is 0.161 e. The van der Waals surface area contributed by atoms with Crippen molar-refractivity contribution in [3.63, 3.8) is 0 Å². The summed E-state index contributed by atoms with van der Waals surface area (Å²) < 4.78 is 15.5. The third-order valence-electron chi connectivity index (χ3n) is 2.66. The van der Waals surface area contributed by atoms with Crippen molar-refractivity contribution in [2.24, 2.45) is 0 Å². The zero-order valence-electron chi connectivity index (χ0n) is 10.5. The summed E-state index contributed by atoms with van der Waals surface area (Å²) in [4.78, 5) is 4.32. The summed E-state index contributed by atoms with van der Waals surface area (Å²) in [6, 6.07) is 3.94. The second-order valence-electron chi connectivity index (χ2n) is 4.09. The van der Waals surface area contributed by atoms with E-state index in [1.54, 1.807) is 4.68 Å². The normalized spacial score (nSPS) is 10.8. The van der Waals surface area contributed by atoms with Gasteiger partial charge in [0.25, 0.3) is 0 Å². The molecule has 0 saturated heterocycles. The van der Waals surface area contributed by atoms with E-state index in [0.717, 1.165) is 6.42 Å². The number of rotatable bonds is 4. The van der Waals surface area contributed by atoms with Gasteiger partial charge in [0.05, 0.1) is 5.56 Å². The van der Waals surface area contributed by atoms with Gasteiger partial charge in [-0.25, -0.2) is 14.1 Å². The number of phenols is 1. The minimum absolute atomic E-state index is 0.0236. The Bertz CT molecular complexity index is 551. The minimum atomic E-state index is -0.403. The van der Waals surface area contributed by atoms with Crippen LogP contribution in [0.1, 0.15) is 26.1 Å². The second-order valence-corrected chi connectivity index (χ2v) is 4.09. The maximum absolute atomic E-state index is 13.8. The summed E-state index contributed by atoms with van der Waals surface area (Å²) in [6.45, 7) is 4.65. The molecule has 2 aromatic rings. The monoisotopic (exact) mass is 249 g/mol. The number of halogens is 1. The molecule has 5 heteroatoms. The number of phenolic OH excluding ortho intramolecular Hbond substituents is 1. The lowest BCUT2D eigenvalue weighted by Crippen LogP contribution is -2.03. The van der Waals surface area contributed by atoms with Gasteiger partial charge in [-0.2, -0.15) is 5.10 Å². The molecule has 0 bridgehead atoms. The summed E-state index contributed by atoms with van der Waals surface area (Å²) >= 11 is 0. The fraction of sp³-hybridized carbons (Fsp3) is 0.385. The molecule has 96 valence electrons. The number of hydrogen-bond donors (Lipinski definition) is 1. The first kappa shape index (κ1) is 12.5. The molecule has 0 unspecified atom stereocenters. The Morgan fingerprint density at radius 2 is 2.11 bits per heavy atom. The summed E-state index contributed by atoms with van der Waals surface area (Å²) in [5.41, 5.74) is 0.288. The number of aryl methyl sites for hydroxylation is 2. The molecular formula is C13H16FN3O. The Balaban J connectivity index is 2.54. The van der Waals surface area contributed by atoms with Crippen LogP contribution in [-0.4, -0.2) is 19.9 Å². The summed E-state index contributed by atoms with van der Waals surface area (Å²) in [6.07, 6.45) is 1.59. The van der Waals surface area contributed by atoms with Crippen molar-refractivity contribution in [3.8, 4) is 17.1 Å². The highest BCUT2D eigenvalue weighted by molar-refractivity contribution is 5.58. The molecule has 1 N–H and O–H groups in total. The lowest BCUT2D eigenvalue weighted by atomic mass is 10.2. The predicted octanol–water partition coefficient (Wildman–Crippen LogP) is 2.76. The molecule has 0 fully saturated rings.